The van der Waals surface area contributed by atoms with Crippen LogP contribution in [0, 0.1) is 5.92 Å². The van der Waals surface area contributed by atoms with Gasteiger partial charge in [-0.15, -0.1) is 0 Å². The number of rotatable bonds is 2. The third kappa shape index (κ3) is 1.70. The van der Waals surface area contributed by atoms with E-state index in [2.05, 4.69) is 4.98 Å². The van der Waals surface area contributed by atoms with E-state index in [0.29, 0.717) is 30.4 Å². The van der Waals surface area contributed by atoms with E-state index in [1.807, 2.05) is 24.3 Å². The van der Waals surface area contributed by atoms with Gasteiger partial charge in [-0.05, 0) is 43.0 Å². The second-order valence-electron chi connectivity index (χ2n) is 6.07. The Balaban J connectivity index is 1.55. The molecule has 2 aliphatic rings. The van der Waals surface area contributed by atoms with Crippen LogP contribution in [-0.4, -0.2) is 39.6 Å². The average molecular weight is 271 g/mol. The lowest BCUT2D eigenvalue weighted by Gasteiger charge is -2.46. The topological polar surface area (TPSA) is 82.4 Å². The van der Waals surface area contributed by atoms with Crippen molar-refractivity contribution in [2.24, 2.45) is 5.92 Å². The van der Waals surface area contributed by atoms with Gasteiger partial charge in [-0.1, -0.05) is 0 Å². The Hall–Kier alpha value is -2.01. The zero-order valence-electron chi connectivity index (χ0n) is 11.1. The molecule has 20 heavy (non-hydrogen) atoms. The molecule has 2 fully saturated rings. The number of H-pyrrole nitrogens is 1. The lowest BCUT2D eigenvalue weighted by atomic mass is 9.88. The third-order valence-corrected chi connectivity index (χ3v) is 4.43. The standard InChI is InChI=1S/C15H17N3O2/c16-11-3-4-12-9(5-11)6-13(17-12)14(19)18-7-15(20,8-18)10-1-2-10/h3-6,10,17,20H,1-2,7-8,16H2. The van der Waals surface area contributed by atoms with Crippen LogP contribution in [0.1, 0.15) is 23.3 Å². The molecule has 0 atom stereocenters. The maximum atomic E-state index is 12.4. The minimum atomic E-state index is -0.633. The van der Waals surface area contributed by atoms with Crippen LogP contribution < -0.4 is 5.73 Å². The molecule has 0 radical (unpaired) electrons. The fourth-order valence-electron chi connectivity index (χ4n) is 3.07. The summed E-state index contributed by atoms with van der Waals surface area (Å²) < 4.78 is 0. The number of aliphatic hydroxyl groups is 1. The lowest BCUT2D eigenvalue weighted by molar-refractivity contribution is -0.0959. The summed E-state index contributed by atoms with van der Waals surface area (Å²) in [5.74, 6) is 0.346. The van der Waals surface area contributed by atoms with E-state index in [1.54, 1.807) is 4.90 Å². The molecule has 0 spiro atoms. The van der Waals surface area contributed by atoms with Crippen molar-refractivity contribution in [2.45, 2.75) is 18.4 Å². The van der Waals surface area contributed by atoms with Crippen molar-refractivity contribution in [1.29, 1.82) is 0 Å². The summed E-state index contributed by atoms with van der Waals surface area (Å²) in [6.07, 6.45) is 2.17. The summed E-state index contributed by atoms with van der Waals surface area (Å²) in [5.41, 5.74) is 7.25. The molecule has 1 aliphatic carbocycles. The van der Waals surface area contributed by atoms with Gasteiger partial charge in [0.05, 0.1) is 13.1 Å². The number of anilines is 1. The van der Waals surface area contributed by atoms with Crippen molar-refractivity contribution in [3.8, 4) is 0 Å². The number of carbonyl (C=O) groups is 1. The van der Waals surface area contributed by atoms with E-state index >= 15 is 0 Å². The molecule has 104 valence electrons. The summed E-state index contributed by atoms with van der Waals surface area (Å²) in [7, 11) is 0. The van der Waals surface area contributed by atoms with Gasteiger partial charge in [0.2, 0.25) is 0 Å². The van der Waals surface area contributed by atoms with Crippen molar-refractivity contribution in [1.82, 2.24) is 9.88 Å². The number of fused-ring (bicyclic) bond motifs is 1. The molecule has 0 bridgehead atoms. The predicted molar refractivity (Wildman–Crippen MR) is 76.3 cm³/mol. The van der Waals surface area contributed by atoms with Crippen LogP contribution in [0.5, 0.6) is 0 Å². The van der Waals surface area contributed by atoms with Crippen molar-refractivity contribution < 1.29 is 9.90 Å². The zero-order chi connectivity index (χ0) is 13.9. The van der Waals surface area contributed by atoms with Gasteiger partial charge < -0.3 is 20.7 Å². The van der Waals surface area contributed by atoms with Crippen molar-refractivity contribution in [3.63, 3.8) is 0 Å². The number of β-amino-alcohol motifs (C(OH)–C–C–N with tert-alkyl or cyclic N) is 1. The van der Waals surface area contributed by atoms with E-state index in [0.717, 1.165) is 23.7 Å². The zero-order valence-corrected chi connectivity index (χ0v) is 11.1. The molecule has 5 heteroatoms. The Labute approximate surface area is 116 Å². The number of likely N-dealkylation sites (tertiary alicyclic amines) is 1. The van der Waals surface area contributed by atoms with E-state index in [1.165, 1.54) is 0 Å². The van der Waals surface area contributed by atoms with Gasteiger partial charge in [0, 0.05) is 16.6 Å². The Morgan fingerprint density at radius 2 is 2.10 bits per heavy atom. The molecule has 1 aromatic carbocycles. The van der Waals surface area contributed by atoms with Crippen molar-refractivity contribution >= 4 is 22.5 Å². The number of carbonyl (C=O) groups excluding carboxylic acids is 1. The second kappa shape index (κ2) is 3.76. The van der Waals surface area contributed by atoms with E-state index < -0.39 is 5.60 Å². The monoisotopic (exact) mass is 271 g/mol. The first-order chi connectivity index (χ1) is 9.55. The number of nitrogens with two attached hydrogens (primary N) is 1. The maximum Gasteiger partial charge on any atom is 0.270 e. The van der Waals surface area contributed by atoms with Crippen molar-refractivity contribution in [3.05, 3.63) is 30.0 Å². The first-order valence-corrected chi connectivity index (χ1v) is 6.95. The highest BCUT2D eigenvalue weighted by molar-refractivity contribution is 5.99. The summed E-state index contributed by atoms with van der Waals surface area (Å²) in [6.45, 7) is 0.905. The van der Waals surface area contributed by atoms with Crippen LogP contribution in [0.2, 0.25) is 0 Å². The molecule has 1 amide bonds. The third-order valence-electron chi connectivity index (χ3n) is 4.43. The van der Waals surface area contributed by atoms with E-state index in [9.17, 15) is 9.90 Å². The fourth-order valence-corrected chi connectivity index (χ4v) is 3.07. The number of nitrogens with zero attached hydrogens (tertiary/aromatic N) is 1. The van der Waals surface area contributed by atoms with Gasteiger partial charge in [0.15, 0.2) is 0 Å². The summed E-state index contributed by atoms with van der Waals surface area (Å²) in [4.78, 5) is 17.2. The summed E-state index contributed by atoms with van der Waals surface area (Å²) in [6, 6.07) is 7.35. The van der Waals surface area contributed by atoms with Crippen LogP contribution in [0.15, 0.2) is 24.3 Å². The smallest absolute Gasteiger partial charge is 0.270 e. The SMILES string of the molecule is Nc1ccc2[nH]c(C(=O)N3CC(O)(C4CC4)C3)cc2c1. The normalized spacial score (nSPS) is 20.9. The molecular formula is C15H17N3O2. The first-order valence-electron chi connectivity index (χ1n) is 6.95. The Morgan fingerprint density at radius 3 is 2.80 bits per heavy atom. The van der Waals surface area contributed by atoms with E-state index in [-0.39, 0.29) is 5.91 Å². The quantitative estimate of drug-likeness (QED) is 0.721. The molecule has 4 rings (SSSR count). The highest BCUT2D eigenvalue weighted by Crippen LogP contribution is 2.44. The molecule has 0 unspecified atom stereocenters. The highest BCUT2D eigenvalue weighted by atomic mass is 16.3. The Bertz CT molecular complexity index is 696. The lowest BCUT2D eigenvalue weighted by Crippen LogP contribution is -2.64. The van der Waals surface area contributed by atoms with Gasteiger partial charge >= 0.3 is 0 Å². The Morgan fingerprint density at radius 1 is 1.35 bits per heavy atom. The number of hydrogen-bond acceptors (Lipinski definition) is 3. The molecule has 1 saturated heterocycles. The minimum absolute atomic E-state index is 0.0508. The van der Waals surface area contributed by atoms with Gasteiger partial charge in [0.1, 0.15) is 11.3 Å². The van der Waals surface area contributed by atoms with E-state index in [4.69, 9.17) is 5.73 Å². The van der Waals surface area contributed by atoms with Crippen LogP contribution in [0.4, 0.5) is 5.69 Å². The molecule has 2 heterocycles. The highest BCUT2D eigenvalue weighted by Gasteiger charge is 2.53. The van der Waals surface area contributed by atoms with Gasteiger partial charge in [-0.2, -0.15) is 0 Å². The van der Waals surface area contributed by atoms with Gasteiger partial charge in [-0.25, -0.2) is 0 Å². The number of hydrogen-bond donors (Lipinski definition) is 3. The predicted octanol–water partition coefficient (Wildman–Crippen LogP) is 1.35. The summed E-state index contributed by atoms with van der Waals surface area (Å²) in [5, 5.41) is 11.2. The second-order valence-corrected chi connectivity index (χ2v) is 6.07. The van der Waals surface area contributed by atoms with Crippen LogP contribution >= 0.6 is 0 Å². The maximum absolute atomic E-state index is 12.4. The number of aromatic amines is 1. The largest absolute Gasteiger partial charge is 0.399 e. The number of nitrogen functional groups attached to an aromatic ring is 1. The molecule has 5 nitrogen and oxygen atoms in total. The molecule has 1 aliphatic heterocycles. The molecular weight excluding hydrogens is 254 g/mol. The molecule has 4 N–H and O–H groups in total. The Kier molecular flexibility index (Phi) is 2.22. The minimum Gasteiger partial charge on any atom is -0.399 e. The molecule has 1 aromatic heterocycles. The van der Waals surface area contributed by atoms with Gasteiger partial charge in [-0.3, -0.25) is 4.79 Å². The van der Waals surface area contributed by atoms with Crippen LogP contribution in [-0.2, 0) is 0 Å². The van der Waals surface area contributed by atoms with Crippen LogP contribution in [0.3, 0.4) is 0 Å². The van der Waals surface area contributed by atoms with Gasteiger partial charge in [0.25, 0.3) is 5.91 Å². The number of nitrogens with one attached hydrogen (secondary N) is 1. The van der Waals surface area contributed by atoms with Crippen molar-refractivity contribution in [2.75, 3.05) is 18.8 Å². The molecule has 2 aromatic rings. The fraction of sp³-hybridized carbons (Fsp3) is 0.400. The first kappa shape index (κ1) is 11.8. The number of benzene rings is 1. The number of aromatic nitrogens is 1. The number of amides is 1. The average Bonchev–Trinajstić information content (AvgIpc) is 3.15. The molecule has 1 saturated carbocycles. The van der Waals surface area contributed by atoms with Crippen LogP contribution in [0.25, 0.3) is 10.9 Å². The summed E-state index contributed by atoms with van der Waals surface area (Å²) >= 11 is 0.